The summed E-state index contributed by atoms with van der Waals surface area (Å²) in [7, 11) is 0. The molecule has 0 radical (unpaired) electrons. The van der Waals surface area contributed by atoms with E-state index in [1.54, 1.807) is 16.6 Å². The number of furan rings is 1. The second-order valence-electron chi connectivity index (χ2n) is 15.6. The largest absolute Gasteiger partial charge is 0.464 e. The number of tetrazole rings is 1. The number of benzene rings is 5. The third-order valence-corrected chi connectivity index (χ3v) is 12.8. The molecule has 0 spiro atoms. The van der Waals surface area contributed by atoms with E-state index in [-0.39, 0.29) is 23.4 Å². The molecule has 3 aromatic heterocycles. The lowest BCUT2D eigenvalue weighted by molar-refractivity contribution is -0.147. The van der Waals surface area contributed by atoms with E-state index in [1.165, 1.54) is 0 Å². The lowest BCUT2D eigenvalue weighted by atomic mass is 9.77. The Hall–Kier alpha value is -6.37. The molecule has 9 rings (SSSR count). The van der Waals surface area contributed by atoms with Crippen LogP contribution in [-0.4, -0.2) is 65.7 Å². The van der Waals surface area contributed by atoms with E-state index < -0.39 is 17.6 Å². The predicted molar refractivity (Wildman–Crippen MR) is 246 cm³/mol. The van der Waals surface area contributed by atoms with Crippen LogP contribution >= 0.6 is 27.5 Å². The minimum Gasteiger partial charge on any atom is -0.464 e. The van der Waals surface area contributed by atoms with Gasteiger partial charge in [-0.05, 0) is 81.7 Å². The Balaban J connectivity index is 1.09. The van der Waals surface area contributed by atoms with Gasteiger partial charge in [-0.25, -0.2) is 9.78 Å². The molecule has 5 aromatic carbocycles. The Morgan fingerprint density at radius 1 is 0.857 bits per heavy atom. The number of fused-ring (bicyclic) bond motifs is 1. The minimum atomic E-state index is -0.933. The summed E-state index contributed by atoms with van der Waals surface area (Å²) in [4.78, 5) is 35.1. The molecule has 1 saturated heterocycles. The summed E-state index contributed by atoms with van der Waals surface area (Å²) in [6.07, 6.45) is 3.71. The third kappa shape index (κ3) is 7.76. The number of aryl methyl sites for hydroxylation is 1. The van der Waals surface area contributed by atoms with Crippen LogP contribution in [0.25, 0.3) is 33.7 Å². The molecule has 0 saturated carbocycles. The number of rotatable bonds is 14. The van der Waals surface area contributed by atoms with Crippen molar-refractivity contribution in [3.8, 4) is 22.7 Å². The first-order valence-corrected chi connectivity index (χ1v) is 22.5. The molecule has 1 aliphatic rings. The van der Waals surface area contributed by atoms with Gasteiger partial charge in [0.05, 0.1) is 11.1 Å². The van der Waals surface area contributed by atoms with Gasteiger partial charge >= 0.3 is 5.97 Å². The Kier molecular flexibility index (Phi) is 12.1. The fourth-order valence-corrected chi connectivity index (χ4v) is 9.67. The van der Waals surface area contributed by atoms with Gasteiger partial charge < -0.3 is 18.6 Å². The van der Waals surface area contributed by atoms with Crippen LogP contribution in [-0.2, 0) is 28.0 Å². The number of unbranched alkanes of at least 4 members (excludes halogenated alkanes) is 1. The molecule has 1 aliphatic heterocycles. The zero-order chi connectivity index (χ0) is 43.5. The van der Waals surface area contributed by atoms with E-state index in [0.29, 0.717) is 49.5 Å². The van der Waals surface area contributed by atoms with Gasteiger partial charge in [0.2, 0.25) is 5.82 Å². The molecule has 8 aromatic rings. The third-order valence-electron chi connectivity index (χ3n) is 11.8. The maximum Gasteiger partial charge on any atom is 0.328 e. The number of hydrogen-bond donors (Lipinski definition) is 0. The van der Waals surface area contributed by atoms with Crippen LogP contribution in [0.4, 0.5) is 0 Å². The molecule has 63 heavy (non-hydrogen) atoms. The Bertz CT molecular complexity index is 2800. The highest BCUT2D eigenvalue weighted by atomic mass is 79.9. The van der Waals surface area contributed by atoms with Crippen molar-refractivity contribution in [1.82, 2.24) is 34.7 Å². The summed E-state index contributed by atoms with van der Waals surface area (Å²) in [5.74, 6) is 1.04. The molecule has 1 fully saturated rings. The number of halogens is 2. The van der Waals surface area contributed by atoms with Gasteiger partial charge in [0.15, 0.2) is 10.7 Å². The molecule has 1 amide bonds. The smallest absolute Gasteiger partial charge is 0.328 e. The summed E-state index contributed by atoms with van der Waals surface area (Å²) < 4.78 is 14.6. The highest BCUT2D eigenvalue weighted by molar-refractivity contribution is 9.10. The van der Waals surface area contributed by atoms with Crippen LogP contribution in [0, 0.1) is 0 Å². The van der Waals surface area contributed by atoms with Gasteiger partial charge in [-0.15, -0.1) is 15.0 Å². The lowest BCUT2D eigenvalue weighted by Gasteiger charge is -2.34. The quantitative estimate of drug-likeness (QED) is 0.0781. The average molecular weight is 923 g/mol. The van der Waals surface area contributed by atoms with Crippen molar-refractivity contribution in [2.24, 2.45) is 0 Å². The standard InChI is InChI=1S/C50H45BrClN7O4/c1-3-5-27-42-53-46(52)44(48(60)57-30-17-26-40(57)49(61)62-4-2)58(42)32-33-28-29-41-39(31-33)43(51)45(63-41)37-24-15-16-25-38(37)47-54-56-59(55-47)50(34-18-9-6-10-19-34,35-20-11-7-12-21-35)36-22-13-8-14-23-36/h6-16,18-25,28-29,31,40H,3-5,17,26-27,30,32H2,1-2H3. The number of likely N-dealkylation sites (tertiary alicyclic amines) is 1. The van der Waals surface area contributed by atoms with Crippen molar-refractivity contribution in [3.05, 3.63) is 177 Å². The number of nitrogens with zero attached hydrogens (tertiary/aromatic N) is 7. The van der Waals surface area contributed by atoms with Crippen molar-refractivity contribution >= 4 is 50.4 Å². The van der Waals surface area contributed by atoms with Gasteiger partial charge in [0, 0.05) is 36.0 Å². The molecule has 0 aliphatic carbocycles. The molecule has 11 nitrogen and oxygen atoms in total. The molecular weight excluding hydrogens is 878 g/mol. The predicted octanol–water partition coefficient (Wildman–Crippen LogP) is 10.8. The second kappa shape index (κ2) is 18.2. The van der Waals surface area contributed by atoms with Crippen LogP contribution < -0.4 is 0 Å². The van der Waals surface area contributed by atoms with E-state index >= 15 is 0 Å². The monoisotopic (exact) mass is 921 g/mol. The fourth-order valence-electron chi connectivity index (χ4n) is 8.79. The van der Waals surface area contributed by atoms with Gasteiger partial charge in [0.1, 0.15) is 28.9 Å². The van der Waals surface area contributed by atoms with Crippen molar-refractivity contribution in [1.29, 1.82) is 0 Å². The number of hydrogen-bond acceptors (Lipinski definition) is 8. The van der Waals surface area contributed by atoms with Crippen LogP contribution in [0.1, 0.15) is 78.1 Å². The molecular formula is C50H45BrClN7O4. The normalized spacial score (nSPS) is 14.1. The van der Waals surface area contributed by atoms with E-state index in [4.69, 9.17) is 41.1 Å². The fraction of sp³-hybridized carbons (Fsp3) is 0.240. The van der Waals surface area contributed by atoms with Crippen LogP contribution in [0.5, 0.6) is 0 Å². The van der Waals surface area contributed by atoms with Crippen LogP contribution in [0.3, 0.4) is 0 Å². The number of carbonyl (C=O) groups is 2. The number of carbonyl (C=O) groups excluding carboxylic acids is 2. The summed E-state index contributed by atoms with van der Waals surface area (Å²) >= 11 is 10.7. The number of imidazole rings is 1. The van der Waals surface area contributed by atoms with Crippen molar-refractivity contribution in [3.63, 3.8) is 0 Å². The van der Waals surface area contributed by atoms with Gasteiger partial charge in [0.25, 0.3) is 5.91 Å². The second-order valence-corrected chi connectivity index (χ2v) is 16.7. The molecule has 1 atom stereocenters. The molecule has 0 N–H and O–H groups in total. The van der Waals surface area contributed by atoms with Crippen LogP contribution in [0.2, 0.25) is 5.15 Å². The summed E-state index contributed by atoms with van der Waals surface area (Å²) in [5.41, 5.74) is 5.41. The molecule has 1 unspecified atom stereocenters. The highest BCUT2D eigenvalue weighted by Gasteiger charge is 2.42. The maximum atomic E-state index is 14.3. The van der Waals surface area contributed by atoms with E-state index in [9.17, 15) is 9.59 Å². The van der Waals surface area contributed by atoms with Crippen LogP contribution in [0.15, 0.2) is 142 Å². The maximum absolute atomic E-state index is 14.3. The van der Waals surface area contributed by atoms with E-state index in [2.05, 4.69) is 65.3 Å². The molecule has 4 heterocycles. The summed E-state index contributed by atoms with van der Waals surface area (Å²) in [5, 5.41) is 15.7. The number of amides is 1. The SMILES string of the molecule is CCCCc1nc(Cl)c(C(=O)N2CCCC2C(=O)OCC)n1Cc1ccc2oc(-c3ccccc3-c3nnn(C(c4ccccc4)(c4ccccc4)c4ccccc4)n3)c(Br)c2c1. The molecule has 13 heteroatoms. The first-order chi connectivity index (χ1) is 30.8. The zero-order valence-electron chi connectivity index (χ0n) is 35.0. The first kappa shape index (κ1) is 42.0. The van der Waals surface area contributed by atoms with Crippen molar-refractivity contribution in [2.75, 3.05) is 13.2 Å². The Morgan fingerprint density at radius 3 is 2.13 bits per heavy atom. The van der Waals surface area contributed by atoms with Gasteiger partial charge in [-0.1, -0.05) is 146 Å². The minimum absolute atomic E-state index is 0.129. The van der Waals surface area contributed by atoms with E-state index in [0.717, 1.165) is 61.9 Å². The Morgan fingerprint density at radius 2 is 1.49 bits per heavy atom. The van der Waals surface area contributed by atoms with E-state index in [1.807, 2.05) is 95.6 Å². The number of ether oxygens (including phenoxy) is 1. The average Bonchev–Trinajstić information content (AvgIpc) is 4.14. The van der Waals surface area contributed by atoms with Gasteiger partial charge in [-0.2, -0.15) is 0 Å². The van der Waals surface area contributed by atoms with Crippen molar-refractivity contribution in [2.45, 2.75) is 64.1 Å². The topological polar surface area (TPSA) is 121 Å². The summed E-state index contributed by atoms with van der Waals surface area (Å²) in [6, 6.07) is 43.9. The zero-order valence-corrected chi connectivity index (χ0v) is 37.3. The Labute approximate surface area is 378 Å². The highest BCUT2D eigenvalue weighted by Crippen LogP contribution is 2.43. The molecule has 318 valence electrons. The molecule has 0 bridgehead atoms. The summed E-state index contributed by atoms with van der Waals surface area (Å²) in [6.45, 7) is 4.89. The first-order valence-electron chi connectivity index (χ1n) is 21.3. The van der Waals surface area contributed by atoms with Crippen molar-refractivity contribution < 1.29 is 18.7 Å². The number of aromatic nitrogens is 6. The van der Waals surface area contributed by atoms with Gasteiger partial charge in [-0.3, -0.25) is 4.79 Å². The lowest BCUT2D eigenvalue weighted by Crippen LogP contribution is -2.42. The number of esters is 1.